The van der Waals surface area contributed by atoms with Crippen molar-refractivity contribution in [2.24, 2.45) is 0 Å². The number of rotatable bonds is 7. The molecule has 4 nitrogen and oxygen atoms in total. The van der Waals surface area contributed by atoms with Crippen molar-refractivity contribution < 1.29 is 19.1 Å². The Balaban J connectivity index is 2.80. The molecule has 0 bridgehead atoms. The number of ether oxygens (including phenoxy) is 2. The average molecular weight is 276 g/mol. The van der Waals surface area contributed by atoms with Gasteiger partial charge in [-0.15, -0.1) is 0 Å². The molecule has 4 heteroatoms. The highest BCUT2D eigenvalue weighted by Crippen LogP contribution is 2.12. The van der Waals surface area contributed by atoms with Crippen molar-refractivity contribution in [2.75, 3.05) is 0 Å². The van der Waals surface area contributed by atoms with Crippen LogP contribution in [0.25, 0.3) is 6.08 Å². The van der Waals surface area contributed by atoms with Crippen LogP contribution in [0.2, 0.25) is 0 Å². The fourth-order valence-corrected chi connectivity index (χ4v) is 1.50. The van der Waals surface area contributed by atoms with E-state index in [1.54, 1.807) is 6.08 Å². The molecular weight excluding hydrogens is 256 g/mol. The minimum Gasteiger partial charge on any atom is -0.392 e. The molecule has 0 aliphatic heterocycles. The number of carbonyl (C=O) groups excluding carboxylic acids is 2. The number of hydrogen-bond donors (Lipinski definition) is 0. The molecule has 108 valence electrons. The highest BCUT2D eigenvalue weighted by atomic mass is 16.7. The Labute approximate surface area is 119 Å². The van der Waals surface area contributed by atoms with Gasteiger partial charge in [0.1, 0.15) is 0 Å². The maximum atomic E-state index is 11.5. The van der Waals surface area contributed by atoms with Gasteiger partial charge >= 0.3 is 11.9 Å². The van der Waals surface area contributed by atoms with Crippen LogP contribution in [-0.4, -0.2) is 11.9 Å². The van der Waals surface area contributed by atoms with E-state index in [2.05, 4.69) is 0 Å². The summed E-state index contributed by atoms with van der Waals surface area (Å²) in [5, 5.41) is 0. The van der Waals surface area contributed by atoms with Crippen LogP contribution in [0.5, 0.6) is 0 Å². The summed E-state index contributed by atoms with van der Waals surface area (Å²) in [6, 6.07) is 9.25. The van der Waals surface area contributed by atoms with Crippen LogP contribution in [0, 0.1) is 0 Å². The van der Waals surface area contributed by atoms with E-state index in [0.717, 1.165) is 5.56 Å². The highest BCUT2D eigenvalue weighted by molar-refractivity contribution is 5.74. The van der Waals surface area contributed by atoms with Crippen molar-refractivity contribution in [3.63, 3.8) is 0 Å². The predicted molar refractivity (Wildman–Crippen MR) is 76.4 cm³/mol. The molecule has 0 fully saturated rings. The minimum absolute atomic E-state index is 0.0619. The van der Waals surface area contributed by atoms with Crippen LogP contribution in [-0.2, 0) is 19.1 Å². The van der Waals surface area contributed by atoms with Gasteiger partial charge in [-0.25, -0.2) is 0 Å². The van der Waals surface area contributed by atoms with Gasteiger partial charge in [-0.2, -0.15) is 0 Å². The number of carbonyl (C=O) groups is 2. The second-order valence-electron chi connectivity index (χ2n) is 4.32. The van der Waals surface area contributed by atoms with Gasteiger partial charge in [-0.3, -0.25) is 9.59 Å². The van der Waals surface area contributed by atoms with Crippen molar-refractivity contribution in [3.05, 3.63) is 41.8 Å². The van der Waals surface area contributed by atoms with E-state index in [0.29, 0.717) is 12.8 Å². The van der Waals surface area contributed by atoms with Gasteiger partial charge in [0.2, 0.25) is 0 Å². The van der Waals surface area contributed by atoms with Crippen LogP contribution in [0.1, 0.15) is 45.1 Å². The Morgan fingerprint density at radius 1 is 0.950 bits per heavy atom. The zero-order valence-corrected chi connectivity index (χ0v) is 11.9. The molecule has 0 N–H and O–H groups in total. The van der Waals surface area contributed by atoms with E-state index < -0.39 is 11.9 Å². The maximum Gasteiger partial charge on any atom is 0.313 e. The molecular formula is C16H20O4. The Hall–Kier alpha value is -2.10. The first kappa shape index (κ1) is 16.0. The molecule has 1 aromatic carbocycles. The second kappa shape index (κ2) is 8.91. The van der Waals surface area contributed by atoms with Gasteiger partial charge in [0, 0.05) is 18.9 Å². The summed E-state index contributed by atoms with van der Waals surface area (Å²) in [7, 11) is 0. The zero-order chi connectivity index (χ0) is 14.8. The molecule has 0 saturated heterocycles. The van der Waals surface area contributed by atoms with Crippen molar-refractivity contribution >= 4 is 18.0 Å². The van der Waals surface area contributed by atoms with Gasteiger partial charge in [0.05, 0.1) is 0 Å². The van der Waals surface area contributed by atoms with Gasteiger partial charge < -0.3 is 9.47 Å². The van der Waals surface area contributed by atoms with E-state index in [4.69, 9.17) is 9.47 Å². The second-order valence-corrected chi connectivity index (χ2v) is 4.32. The normalized spacial score (nSPS) is 9.70. The molecule has 0 spiro atoms. The van der Waals surface area contributed by atoms with Crippen LogP contribution < -0.4 is 0 Å². The number of benzene rings is 1. The Morgan fingerprint density at radius 3 is 1.90 bits per heavy atom. The summed E-state index contributed by atoms with van der Waals surface area (Å²) in [5.41, 5.74) is 0.802. The lowest BCUT2D eigenvalue weighted by atomic mass is 10.2. The van der Waals surface area contributed by atoms with Crippen LogP contribution in [0.3, 0.4) is 0 Å². The quantitative estimate of drug-likeness (QED) is 0.563. The van der Waals surface area contributed by atoms with Crippen LogP contribution in [0.4, 0.5) is 0 Å². The summed E-state index contributed by atoms with van der Waals surface area (Å²) in [6.45, 7) is 3.76. The molecule has 1 rings (SSSR count). The minimum atomic E-state index is -0.404. The third kappa shape index (κ3) is 6.18. The molecule has 0 radical (unpaired) electrons. The summed E-state index contributed by atoms with van der Waals surface area (Å²) >= 11 is 0. The van der Waals surface area contributed by atoms with E-state index >= 15 is 0 Å². The van der Waals surface area contributed by atoms with E-state index in [1.807, 2.05) is 44.2 Å². The lowest BCUT2D eigenvalue weighted by Gasteiger charge is -2.08. The first-order valence-corrected chi connectivity index (χ1v) is 6.83. The van der Waals surface area contributed by atoms with Crippen LogP contribution in [0.15, 0.2) is 36.3 Å². The zero-order valence-electron chi connectivity index (χ0n) is 11.9. The summed E-state index contributed by atoms with van der Waals surface area (Å²) in [5.74, 6) is -0.869. The van der Waals surface area contributed by atoms with E-state index in [-0.39, 0.29) is 18.8 Å². The first-order chi connectivity index (χ1) is 9.65. The molecule has 0 atom stereocenters. The largest absolute Gasteiger partial charge is 0.392 e. The first-order valence-electron chi connectivity index (χ1n) is 6.83. The maximum absolute atomic E-state index is 11.5. The van der Waals surface area contributed by atoms with E-state index in [1.165, 1.54) is 0 Å². The Morgan fingerprint density at radius 2 is 1.45 bits per heavy atom. The molecule has 0 heterocycles. The Bertz CT molecular complexity index is 441. The van der Waals surface area contributed by atoms with Crippen molar-refractivity contribution in [3.8, 4) is 0 Å². The smallest absolute Gasteiger partial charge is 0.313 e. The number of esters is 2. The van der Waals surface area contributed by atoms with Gasteiger partial charge in [-0.05, 0) is 18.4 Å². The Kier molecular flexibility index (Phi) is 7.11. The predicted octanol–water partition coefficient (Wildman–Crippen LogP) is 3.67. The fourth-order valence-electron chi connectivity index (χ4n) is 1.50. The monoisotopic (exact) mass is 276 g/mol. The van der Waals surface area contributed by atoms with Crippen molar-refractivity contribution in [1.29, 1.82) is 0 Å². The fraction of sp³-hybridized carbons (Fsp3) is 0.375. The summed E-state index contributed by atoms with van der Waals surface area (Å²) < 4.78 is 10.2. The standard InChI is InChI=1S/C16H20O4/c1-3-8-14(17)19-16(20-15(18)9-4-2)12-13-10-6-5-7-11-13/h5-7,10-12H,3-4,8-9H2,1-2H3. The van der Waals surface area contributed by atoms with Crippen molar-refractivity contribution in [2.45, 2.75) is 39.5 Å². The number of hydrogen-bond acceptors (Lipinski definition) is 4. The summed E-state index contributed by atoms with van der Waals surface area (Å²) in [4.78, 5) is 23.1. The molecule has 0 unspecified atom stereocenters. The van der Waals surface area contributed by atoms with Crippen molar-refractivity contribution in [1.82, 2.24) is 0 Å². The van der Waals surface area contributed by atoms with Gasteiger partial charge in [0.25, 0.3) is 5.95 Å². The van der Waals surface area contributed by atoms with E-state index in [9.17, 15) is 9.59 Å². The third-order valence-corrected chi connectivity index (χ3v) is 2.42. The average Bonchev–Trinajstić information content (AvgIpc) is 2.40. The summed E-state index contributed by atoms with van der Waals surface area (Å²) in [6.07, 6.45) is 3.48. The third-order valence-electron chi connectivity index (χ3n) is 2.42. The highest BCUT2D eigenvalue weighted by Gasteiger charge is 2.12. The van der Waals surface area contributed by atoms with Gasteiger partial charge in [-0.1, -0.05) is 44.2 Å². The molecule has 0 aromatic heterocycles. The molecule has 0 aliphatic carbocycles. The van der Waals surface area contributed by atoms with Gasteiger partial charge in [0.15, 0.2) is 0 Å². The van der Waals surface area contributed by atoms with Crippen LogP contribution >= 0.6 is 0 Å². The lowest BCUT2D eigenvalue weighted by Crippen LogP contribution is -2.10. The molecule has 20 heavy (non-hydrogen) atoms. The SMILES string of the molecule is CCCC(=O)OC(=Cc1ccccc1)OC(=O)CCC. The molecule has 1 aromatic rings. The molecule has 0 aliphatic rings. The molecule has 0 amide bonds. The molecule has 0 saturated carbocycles. The topological polar surface area (TPSA) is 52.6 Å². The lowest BCUT2D eigenvalue weighted by molar-refractivity contribution is -0.153.